The fourth-order valence-corrected chi connectivity index (χ4v) is 8.16. The van der Waals surface area contributed by atoms with Crippen molar-refractivity contribution in [3.8, 4) is 5.69 Å². The summed E-state index contributed by atoms with van der Waals surface area (Å²) in [6.07, 6.45) is 8.23. The smallest absolute Gasteiger partial charge is 0.160 e. The monoisotopic (exact) mass is 681 g/mol. The molecule has 0 unspecified atom stereocenters. The van der Waals surface area contributed by atoms with Crippen LogP contribution in [0, 0.1) is 0 Å². The van der Waals surface area contributed by atoms with Gasteiger partial charge in [-0.15, -0.1) is 0 Å². The number of para-hydroxylation sites is 1. The summed E-state index contributed by atoms with van der Waals surface area (Å²) in [7, 11) is 0. The predicted molar refractivity (Wildman–Crippen MR) is 225 cm³/mol. The van der Waals surface area contributed by atoms with E-state index in [0.29, 0.717) is 18.3 Å². The highest BCUT2D eigenvalue weighted by atomic mass is 15.1. The summed E-state index contributed by atoms with van der Waals surface area (Å²) in [6.45, 7) is 4.27. The van der Waals surface area contributed by atoms with Crippen molar-refractivity contribution in [1.82, 2.24) is 9.13 Å². The van der Waals surface area contributed by atoms with Gasteiger partial charge in [0.1, 0.15) is 6.67 Å². The van der Waals surface area contributed by atoms with Gasteiger partial charge < -0.3 is 9.13 Å². The fourth-order valence-electron chi connectivity index (χ4n) is 8.16. The van der Waals surface area contributed by atoms with E-state index in [9.17, 15) is 0 Å². The number of benzene rings is 7. The fraction of sp³-hybridized carbons (Fsp3) is 0.0625. The van der Waals surface area contributed by atoms with Crippen LogP contribution in [-0.4, -0.2) is 27.5 Å². The lowest BCUT2D eigenvalue weighted by molar-refractivity contribution is 0.789. The minimum Gasteiger partial charge on any atom is -0.320 e. The van der Waals surface area contributed by atoms with Crippen LogP contribution in [0.3, 0.4) is 0 Å². The SMILES string of the molecule is C=NC(=N/C(=N\Cn1c2cc3ccccc3cc2c2c3c4c5ccccc5ccc4n(-c4ccccc4)c3ccc21)C1=CC=CCC1)c1ccccc1. The third-order valence-corrected chi connectivity index (χ3v) is 10.6. The van der Waals surface area contributed by atoms with Crippen molar-refractivity contribution in [3.05, 3.63) is 175 Å². The van der Waals surface area contributed by atoms with E-state index in [1.165, 1.54) is 54.1 Å². The summed E-state index contributed by atoms with van der Waals surface area (Å²) in [5.41, 5.74) is 7.80. The molecule has 7 aromatic carbocycles. The Kier molecular flexibility index (Phi) is 7.43. The van der Waals surface area contributed by atoms with Crippen LogP contribution >= 0.6 is 0 Å². The van der Waals surface area contributed by atoms with Gasteiger partial charge >= 0.3 is 0 Å². The largest absolute Gasteiger partial charge is 0.320 e. The minimum absolute atomic E-state index is 0.390. The molecule has 2 heterocycles. The number of allylic oxidation sites excluding steroid dienone is 3. The Bertz CT molecular complexity index is 3030. The Labute approximate surface area is 306 Å². The average Bonchev–Trinajstić information content (AvgIpc) is 3.73. The van der Waals surface area contributed by atoms with Crippen molar-refractivity contribution in [2.75, 3.05) is 0 Å². The summed E-state index contributed by atoms with van der Waals surface area (Å²) in [4.78, 5) is 14.8. The van der Waals surface area contributed by atoms with E-state index in [0.717, 1.165) is 40.7 Å². The third-order valence-electron chi connectivity index (χ3n) is 10.6. The molecule has 0 saturated carbocycles. The normalized spacial score (nSPS) is 13.9. The Hall–Kier alpha value is -6.85. The first kappa shape index (κ1) is 30.9. The van der Waals surface area contributed by atoms with Crippen molar-refractivity contribution < 1.29 is 0 Å². The molecule has 10 rings (SSSR count). The maximum Gasteiger partial charge on any atom is 0.160 e. The highest BCUT2D eigenvalue weighted by Crippen LogP contribution is 2.44. The lowest BCUT2D eigenvalue weighted by Crippen LogP contribution is -2.09. The van der Waals surface area contributed by atoms with E-state index in [4.69, 9.17) is 9.98 Å². The molecule has 0 bridgehead atoms. The zero-order valence-corrected chi connectivity index (χ0v) is 29.2. The molecular formula is C48H35N5. The molecule has 252 valence electrons. The molecule has 0 saturated heterocycles. The van der Waals surface area contributed by atoms with Gasteiger partial charge in [0, 0.05) is 32.8 Å². The zero-order valence-electron chi connectivity index (χ0n) is 29.2. The minimum atomic E-state index is 0.390. The number of hydrogen-bond donors (Lipinski definition) is 0. The molecule has 1 aliphatic rings. The quantitative estimate of drug-likeness (QED) is 0.128. The van der Waals surface area contributed by atoms with Crippen molar-refractivity contribution in [3.63, 3.8) is 0 Å². The third kappa shape index (κ3) is 5.12. The lowest BCUT2D eigenvalue weighted by atomic mass is 9.99. The van der Waals surface area contributed by atoms with Gasteiger partial charge in [-0.1, -0.05) is 121 Å². The molecule has 5 heteroatoms. The highest BCUT2D eigenvalue weighted by Gasteiger charge is 2.22. The summed E-state index contributed by atoms with van der Waals surface area (Å²) < 4.78 is 4.79. The molecule has 1 aliphatic carbocycles. The van der Waals surface area contributed by atoms with Gasteiger partial charge in [0.05, 0.1) is 22.1 Å². The Morgan fingerprint density at radius 1 is 0.585 bits per heavy atom. The number of nitrogens with zero attached hydrogens (tertiary/aromatic N) is 5. The Balaban J connectivity index is 1.30. The standard InChI is InChI=1S/C48H35N5/c1-49-47(33-16-5-2-6-17-33)51-48(34-18-7-3-8-19-34)50-31-52-40-27-28-42-46(45(40)39-29-35-20-11-12-21-36(35)30-43(39)52)44-38-24-14-13-15-32(38)25-26-41(44)53(42)37-22-9-4-10-23-37/h2-7,9-18,20-30H,1,8,19,31H2/b50-48-,51-47?. The summed E-state index contributed by atoms with van der Waals surface area (Å²) in [5.74, 6) is 1.25. The Morgan fingerprint density at radius 3 is 2.02 bits per heavy atom. The number of fused-ring (bicyclic) bond motifs is 10. The van der Waals surface area contributed by atoms with Crippen molar-refractivity contribution in [2.24, 2.45) is 15.0 Å². The maximum absolute atomic E-state index is 5.33. The Morgan fingerprint density at radius 2 is 1.25 bits per heavy atom. The average molecular weight is 682 g/mol. The summed E-state index contributed by atoms with van der Waals surface area (Å²) in [6, 6.07) is 51.9. The molecule has 53 heavy (non-hydrogen) atoms. The highest BCUT2D eigenvalue weighted by molar-refractivity contribution is 6.33. The second kappa shape index (κ2) is 12.7. The second-order valence-electron chi connectivity index (χ2n) is 13.6. The van der Waals surface area contributed by atoms with Gasteiger partial charge in [0.25, 0.3) is 0 Å². The first-order chi connectivity index (χ1) is 26.3. The van der Waals surface area contributed by atoms with Gasteiger partial charge in [-0.05, 0) is 89.1 Å². The van der Waals surface area contributed by atoms with E-state index >= 15 is 0 Å². The number of aromatic nitrogens is 2. The zero-order chi connectivity index (χ0) is 35.3. The number of amidine groups is 2. The molecule has 0 radical (unpaired) electrons. The van der Waals surface area contributed by atoms with E-state index in [1.54, 1.807) is 0 Å². The molecule has 0 amide bonds. The molecule has 5 nitrogen and oxygen atoms in total. The van der Waals surface area contributed by atoms with E-state index < -0.39 is 0 Å². The molecular weight excluding hydrogens is 647 g/mol. The molecule has 0 aliphatic heterocycles. The number of hydrogen-bond acceptors (Lipinski definition) is 1. The molecule has 9 aromatic rings. The van der Waals surface area contributed by atoms with Crippen LogP contribution in [-0.2, 0) is 6.67 Å². The maximum atomic E-state index is 5.33. The number of rotatable bonds is 5. The molecule has 0 atom stereocenters. The second-order valence-corrected chi connectivity index (χ2v) is 13.6. The van der Waals surface area contributed by atoms with Crippen molar-refractivity contribution in [2.45, 2.75) is 19.5 Å². The van der Waals surface area contributed by atoms with Gasteiger partial charge in [-0.25, -0.2) is 15.0 Å². The summed E-state index contributed by atoms with van der Waals surface area (Å²) in [5, 5.41) is 9.84. The van der Waals surface area contributed by atoms with Gasteiger partial charge in [0.15, 0.2) is 11.7 Å². The first-order valence-corrected chi connectivity index (χ1v) is 18.1. The van der Waals surface area contributed by atoms with Crippen LogP contribution in [0.4, 0.5) is 0 Å². The molecule has 0 spiro atoms. The van der Waals surface area contributed by atoms with Crippen LogP contribution in [0.1, 0.15) is 18.4 Å². The predicted octanol–water partition coefficient (Wildman–Crippen LogP) is 12.0. The number of aliphatic imine (C=N–C) groups is 3. The molecule has 0 fully saturated rings. The van der Waals surface area contributed by atoms with Gasteiger partial charge in [-0.3, -0.25) is 0 Å². The molecule has 0 N–H and O–H groups in total. The van der Waals surface area contributed by atoms with Crippen molar-refractivity contribution >= 4 is 83.5 Å². The van der Waals surface area contributed by atoms with E-state index in [-0.39, 0.29) is 0 Å². The molecule has 2 aromatic heterocycles. The van der Waals surface area contributed by atoms with Crippen LogP contribution < -0.4 is 0 Å². The van der Waals surface area contributed by atoms with Crippen LogP contribution in [0.25, 0.3) is 70.8 Å². The van der Waals surface area contributed by atoms with Crippen LogP contribution in [0.15, 0.2) is 184 Å². The van der Waals surface area contributed by atoms with Gasteiger partial charge in [0.2, 0.25) is 0 Å². The van der Waals surface area contributed by atoms with Crippen molar-refractivity contribution in [1.29, 1.82) is 0 Å². The summed E-state index contributed by atoms with van der Waals surface area (Å²) >= 11 is 0. The van der Waals surface area contributed by atoms with Crippen LogP contribution in [0.2, 0.25) is 0 Å². The van der Waals surface area contributed by atoms with E-state index in [2.05, 4.69) is 154 Å². The van der Waals surface area contributed by atoms with Gasteiger partial charge in [-0.2, -0.15) is 0 Å². The van der Waals surface area contributed by atoms with Crippen LogP contribution in [0.5, 0.6) is 0 Å². The van der Waals surface area contributed by atoms with E-state index in [1.807, 2.05) is 30.3 Å². The topological polar surface area (TPSA) is 46.9 Å². The lowest BCUT2D eigenvalue weighted by Gasteiger charge is -2.12. The first-order valence-electron chi connectivity index (χ1n) is 18.1.